The summed E-state index contributed by atoms with van der Waals surface area (Å²) >= 11 is 12.9. The molecular formula is C16H13Br2ClO2. The van der Waals surface area contributed by atoms with Gasteiger partial charge < -0.3 is 9.84 Å². The van der Waals surface area contributed by atoms with Gasteiger partial charge in [0.25, 0.3) is 0 Å². The Balaban J connectivity index is 1.90. The lowest BCUT2D eigenvalue weighted by Gasteiger charge is -2.15. The molecule has 0 spiro atoms. The predicted octanol–water partition coefficient (Wildman–Crippen LogP) is 5.08. The molecular weight excluding hydrogens is 419 g/mol. The minimum Gasteiger partial charge on any atom is -0.493 e. The van der Waals surface area contributed by atoms with E-state index in [1.54, 1.807) is 12.1 Å². The zero-order valence-corrected chi connectivity index (χ0v) is 15.0. The van der Waals surface area contributed by atoms with Crippen LogP contribution in [0.15, 0.2) is 39.3 Å². The number of aliphatic hydroxyl groups is 1. The molecule has 2 nitrogen and oxygen atoms in total. The SMILES string of the molecule is OC(Cc1cc(Br)cc2c1OCC2)c1ccc(Cl)cc1Br. The molecule has 0 bridgehead atoms. The van der Waals surface area contributed by atoms with E-state index < -0.39 is 6.10 Å². The normalized spacial score (nSPS) is 14.7. The molecule has 21 heavy (non-hydrogen) atoms. The van der Waals surface area contributed by atoms with E-state index in [2.05, 4.69) is 37.9 Å². The Labute approximate surface area is 145 Å². The van der Waals surface area contributed by atoms with Gasteiger partial charge in [-0.1, -0.05) is 49.5 Å². The van der Waals surface area contributed by atoms with Gasteiger partial charge in [0.15, 0.2) is 0 Å². The number of fused-ring (bicyclic) bond motifs is 1. The maximum atomic E-state index is 10.5. The summed E-state index contributed by atoms with van der Waals surface area (Å²) in [6.45, 7) is 0.708. The fraction of sp³-hybridized carbons (Fsp3) is 0.250. The Bertz CT molecular complexity index is 688. The van der Waals surface area contributed by atoms with Crippen molar-refractivity contribution in [2.75, 3.05) is 6.61 Å². The van der Waals surface area contributed by atoms with E-state index in [-0.39, 0.29) is 0 Å². The van der Waals surface area contributed by atoms with E-state index in [9.17, 15) is 5.11 Å². The number of aliphatic hydroxyl groups excluding tert-OH is 1. The number of hydrogen-bond donors (Lipinski definition) is 1. The lowest BCUT2D eigenvalue weighted by Crippen LogP contribution is -2.04. The maximum absolute atomic E-state index is 10.5. The standard InChI is InChI=1S/C16H13Br2ClO2/c17-11-5-9-3-4-21-16(9)10(6-11)7-15(20)13-2-1-12(19)8-14(13)18/h1-2,5-6,8,15,20H,3-4,7H2. The third-order valence-electron chi connectivity index (χ3n) is 3.56. The van der Waals surface area contributed by atoms with Gasteiger partial charge in [-0.3, -0.25) is 0 Å². The summed E-state index contributed by atoms with van der Waals surface area (Å²) in [6, 6.07) is 9.51. The monoisotopic (exact) mass is 430 g/mol. The fourth-order valence-corrected chi connectivity index (χ4v) is 4.09. The van der Waals surface area contributed by atoms with Gasteiger partial charge in [-0.15, -0.1) is 0 Å². The summed E-state index contributed by atoms with van der Waals surface area (Å²) in [5, 5.41) is 11.2. The van der Waals surface area contributed by atoms with E-state index in [1.165, 1.54) is 5.56 Å². The molecule has 1 unspecified atom stereocenters. The van der Waals surface area contributed by atoms with Gasteiger partial charge in [0.2, 0.25) is 0 Å². The molecule has 1 aliphatic rings. The largest absolute Gasteiger partial charge is 0.493 e. The molecule has 0 aromatic heterocycles. The van der Waals surface area contributed by atoms with E-state index in [0.29, 0.717) is 18.1 Å². The first kappa shape index (κ1) is 15.3. The molecule has 0 saturated heterocycles. The number of hydrogen-bond acceptors (Lipinski definition) is 2. The van der Waals surface area contributed by atoms with Crippen molar-refractivity contribution in [1.82, 2.24) is 0 Å². The van der Waals surface area contributed by atoms with Gasteiger partial charge >= 0.3 is 0 Å². The van der Waals surface area contributed by atoms with Crippen LogP contribution in [0.4, 0.5) is 0 Å². The number of benzene rings is 2. The van der Waals surface area contributed by atoms with Gasteiger partial charge in [-0.05, 0) is 41.0 Å². The van der Waals surface area contributed by atoms with Crippen molar-refractivity contribution in [3.05, 3.63) is 61.0 Å². The fourth-order valence-electron chi connectivity index (χ4n) is 2.59. The summed E-state index contributed by atoms with van der Waals surface area (Å²) < 4.78 is 7.54. The molecule has 2 aromatic rings. The second-order valence-electron chi connectivity index (χ2n) is 5.04. The van der Waals surface area contributed by atoms with Crippen LogP contribution in [0.25, 0.3) is 0 Å². The molecule has 5 heteroatoms. The minimum atomic E-state index is -0.612. The molecule has 110 valence electrons. The topological polar surface area (TPSA) is 29.5 Å². The Morgan fingerprint density at radius 2 is 2.05 bits per heavy atom. The van der Waals surface area contributed by atoms with E-state index in [4.69, 9.17) is 16.3 Å². The number of ether oxygens (including phenoxy) is 1. The van der Waals surface area contributed by atoms with Gasteiger partial charge in [0, 0.05) is 26.8 Å². The van der Waals surface area contributed by atoms with Crippen LogP contribution in [0.5, 0.6) is 5.75 Å². The average molecular weight is 433 g/mol. The van der Waals surface area contributed by atoms with Crippen molar-refractivity contribution < 1.29 is 9.84 Å². The Morgan fingerprint density at radius 3 is 2.81 bits per heavy atom. The second kappa shape index (κ2) is 6.29. The lowest BCUT2D eigenvalue weighted by molar-refractivity contribution is 0.176. The van der Waals surface area contributed by atoms with Gasteiger partial charge in [-0.25, -0.2) is 0 Å². The molecule has 0 radical (unpaired) electrons. The summed E-state index contributed by atoms with van der Waals surface area (Å²) in [5.74, 6) is 0.919. The van der Waals surface area contributed by atoms with Gasteiger partial charge in [0.1, 0.15) is 5.75 Å². The Morgan fingerprint density at radius 1 is 1.24 bits per heavy atom. The van der Waals surface area contributed by atoms with Crippen LogP contribution in [0.2, 0.25) is 5.02 Å². The number of rotatable bonds is 3. The van der Waals surface area contributed by atoms with Gasteiger partial charge in [-0.2, -0.15) is 0 Å². The number of halogens is 3. The molecule has 3 rings (SSSR count). The van der Waals surface area contributed by atoms with Crippen molar-refractivity contribution in [3.8, 4) is 5.75 Å². The van der Waals surface area contributed by atoms with Crippen molar-refractivity contribution in [3.63, 3.8) is 0 Å². The van der Waals surface area contributed by atoms with E-state index >= 15 is 0 Å². The first-order valence-electron chi connectivity index (χ1n) is 6.61. The third-order valence-corrected chi connectivity index (χ3v) is 4.94. The zero-order valence-electron chi connectivity index (χ0n) is 11.1. The van der Waals surface area contributed by atoms with Crippen LogP contribution < -0.4 is 4.74 Å². The molecule has 0 aliphatic carbocycles. The van der Waals surface area contributed by atoms with Crippen LogP contribution in [0, 0.1) is 0 Å². The highest BCUT2D eigenvalue weighted by Crippen LogP contribution is 2.36. The van der Waals surface area contributed by atoms with Crippen LogP contribution in [0.1, 0.15) is 22.8 Å². The molecule has 1 heterocycles. The predicted molar refractivity (Wildman–Crippen MR) is 91.2 cm³/mol. The summed E-state index contributed by atoms with van der Waals surface area (Å²) in [5.41, 5.74) is 3.04. The molecule has 0 saturated carbocycles. The molecule has 1 aliphatic heterocycles. The highest BCUT2D eigenvalue weighted by molar-refractivity contribution is 9.10. The Hall–Kier alpha value is -0.550. The quantitative estimate of drug-likeness (QED) is 0.733. The lowest BCUT2D eigenvalue weighted by atomic mass is 9.99. The zero-order chi connectivity index (χ0) is 15.0. The summed E-state index contributed by atoms with van der Waals surface area (Å²) in [6.07, 6.45) is 0.809. The molecule has 0 amide bonds. The maximum Gasteiger partial charge on any atom is 0.125 e. The van der Waals surface area contributed by atoms with E-state index in [1.807, 2.05) is 12.1 Å². The van der Waals surface area contributed by atoms with Gasteiger partial charge in [0.05, 0.1) is 12.7 Å². The highest BCUT2D eigenvalue weighted by atomic mass is 79.9. The van der Waals surface area contributed by atoms with Crippen LogP contribution >= 0.6 is 43.5 Å². The first-order chi connectivity index (χ1) is 10.0. The summed E-state index contributed by atoms with van der Waals surface area (Å²) in [7, 11) is 0. The minimum absolute atomic E-state index is 0.502. The van der Waals surface area contributed by atoms with Crippen molar-refractivity contribution in [2.45, 2.75) is 18.9 Å². The van der Waals surface area contributed by atoms with Crippen molar-refractivity contribution in [1.29, 1.82) is 0 Å². The summed E-state index contributed by atoms with van der Waals surface area (Å²) in [4.78, 5) is 0. The van der Waals surface area contributed by atoms with Crippen LogP contribution in [-0.4, -0.2) is 11.7 Å². The smallest absolute Gasteiger partial charge is 0.125 e. The molecule has 1 N–H and O–H groups in total. The van der Waals surface area contributed by atoms with Crippen LogP contribution in [-0.2, 0) is 12.8 Å². The highest BCUT2D eigenvalue weighted by Gasteiger charge is 2.21. The Kier molecular flexibility index (Phi) is 4.60. The van der Waals surface area contributed by atoms with Crippen LogP contribution in [0.3, 0.4) is 0 Å². The molecule has 1 atom stereocenters. The first-order valence-corrected chi connectivity index (χ1v) is 8.58. The molecule has 2 aromatic carbocycles. The third kappa shape index (κ3) is 3.29. The van der Waals surface area contributed by atoms with E-state index in [0.717, 1.165) is 32.2 Å². The molecule has 0 fully saturated rings. The average Bonchev–Trinajstić information content (AvgIpc) is 2.86. The second-order valence-corrected chi connectivity index (χ2v) is 7.24. The van der Waals surface area contributed by atoms with Crippen molar-refractivity contribution in [2.24, 2.45) is 0 Å². The van der Waals surface area contributed by atoms with Crippen molar-refractivity contribution >= 4 is 43.5 Å².